The first kappa shape index (κ1) is 16.2. The molecule has 3 heterocycles. The molecular weight excluding hydrogens is 324 g/mol. The minimum Gasteiger partial charge on any atom is -0.475 e. The normalized spacial score (nSPS) is 10.8. The highest BCUT2D eigenvalue weighted by atomic mass is 32.1. The molecule has 1 amide bonds. The molecule has 6 nitrogen and oxygen atoms in total. The molecule has 0 bridgehead atoms. The van der Waals surface area contributed by atoms with Gasteiger partial charge >= 0.3 is 0 Å². The van der Waals surface area contributed by atoms with Gasteiger partial charge in [-0.2, -0.15) is 5.10 Å². The number of thiophene rings is 1. The van der Waals surface area contributed by atoms with E-state index < -0.39 is 0 Å². The Kier molecular flexibility index (Phi) is 4.90. The molecule has 0 saturated carbocycles. The molecule has 3 rings (SSSR count). The summed E-state index contributed by atoms with van der Waals surface area (Å²) in [5.41, 5.74) is 2.10. The van der Waals surface area contributed by atoms with Crippen LogP contribution in [-0.2, 0) is 6.54 Å². The van der Waals surface area contributed by atoms with Gasteiger partial charge in [0.1, 0.15) is 0 Å². The van der Waals surface area contributed by atoms with Crippen LogP contribution in [0.4, 0.5) is 0 Å². The number of carbonyl (C=O) groups is 1. The molecule has 0 aliphatic heterocycles. The molecule has 2 N–H and O–H groups in total. The van der Waals surface area contributed by atoms with Crippen LogP contribution in [-0.4, -0.2) is 27.2 Å². The van der Waals surface area contributed by atoms with Crippen molar-refractivity contribution < 1.29 is 9.53 Å². The topological polar surface area (TPSA) is 79.9 Å². The summed E-state index contributed by atoms with van der Waals surface area (Å²) in [7, 11) is 0. The summed E-state index contributed by atoms with van der Waals surface area (Å²) in [4.78, 5) is 17.4. The molecule has 3 aromatic rings. The van der Waals surface area contributed by atoms with Crippen LogP contribution in [0, 0.1) is 0 Å². The van der Waals surface area contributed by atoms with Crippen molar-refractivity contribution in [2.24, 2.45) is 0 Å². The fraction of sp³-hybridized carbons (Fsp3) is 0.235. The predicted octanol–water partition coefficient (Wildman–Crippen LogP) is 3.25. The van der Waals surface area contributed by atoms with E-state index in [2.05, 4.69) is 20.5 Å². The molecule has 0 atom stereocenters. The van der Waals surface area contributed by atoms with Gasteiger partial charge in [0, 0.05) is 18.8 Å². The van der Waals surface area contributed by atoms with Gasteiger partial charge in [0.2, 0.25) is 5.88 Å². The zero-order valence-electron chi connectivity index (χ0n) is 13.4. The number of H-pyrrole nitrogens is 1. The lowest BCUT2D eigenvalue weighted by Crippen LogP contribution is -2.23. The van der Waals surface area contributed by atoms with E-state index in [-0.39, 0.29) is 12.0 Å². The molecule has 124 valence electrons. The van der Waals surface area contributed by atoms with Gasteiger partial charge in [-0.1, -0.05) is 12.1 Å². The summed E-state index contributed by atoms with van der Waals surface area (Å²) < 4.78 is 5.49. The van der Waals surface area contributed by atoms with E-state index in [4.69, 9.17) is 4.74 Å². The van der Waals surface area contributed by atoms with Crippen LogP contribution < -0.4 is 10.1 Å². The minimum atomic E-state index is -0.225. The first-order valence-corrected chi connectivity index (χ1v) is 8.49. The third-order valence-electron chi connectivity index (χ3n) is 3.20. The van der Waals surface area contributed by atoms with Gasteiger partial charge in [0.25, 0.3) is 5.91 Å². The average Bonchev–Trinajstić information content (AvgIpc) is 3.24. The van der Waals surface area contributed by atoms with E-state index in [1.807, 2.05) is 37.4 Å². The number of rotatable bonds is 6. The number of carbonyl (C=O) groups excluding carboxylic acids is 1. The Labute approximate surface area is 143 Å². The average molecular weight is 342 g/mol. The van der Waals surface area contributed by atoms with Gasteiger partial charge in [0.05, 0.1) is 16.7 Å². The number of nitrogens with zero attached hydrogens (tertiary/aromatic N) is 2. The number of hydrogen-bond acceptors (Lipinski definition) is 5. The van der Waals surface area contributed by atoms with Crippen molar-refractivity contribution in [2.45, 2.75) is 26.5 Å². The van der Waals surface area contributed by atoms with Crippen molar-refractivity contribution in [2.75, 3.05) is 0 Å². The summed E-state index contributed by atoms with van der Waals surface area (Å²) in [6.45, 7) is 4.28. The fourth-order valence-corrected chi connectivity index (χ4v) is 2.79. The molecule has 0 fully saturated rings. The number of aromatic nitrogens is 3. The standard InChI is InChI=1S/C17H18N4O2S/c1-11(2)23-16-6-5-12(9-18-16)10-19-17(22)14-8-13(20-21-14)15-4-3-7-24-15/h3-9,11H,10H2,1-2H3,(H,19,22)(H,20,21). The molecule has 0 unspecified atom stereocenters. The Bertz CT molecular complexity index is 794. The zero-order valence-corrected chi connectivity index (χ0v) is 14.3. The highest BCUT2D eigenvalue weighted by Crippen LogP contribution is 2.22. The number of hydrogen-bond donors (Lipinski definition) is 2. The summed E-state index contributed by atoms with van der Waals surface area (Å²) in [6, 6.07) is 9.36. The van der Waals surface area contributed by atoms with Gasteiger partial charge in [-0.05, 0) is 36.9 Å². The van der Waals surface area contributed by atoms with Gasteiger partial charge in [-0.15, -0.1) is 11.3 Å². The zero-order chi connectivity index (χ0) is 16.9. The Balaban J connectivity index is 1.57. The number of nitrogens with one attached hydrogen (secondary N) is 2. The molecule has 0 aliphatic carbocycles. The maximum Gasteiger partial charge on any atom is 0.272 e. The van der Waals surface area contributed by atoms with E-state index in [1.54, 1.807) is 29.7 Å². The lowest BCUT2D eigenvalue weighted by atomic mass is 10.2. The van der Waals surface area contributed by atoms with E-state index in [9.17, 15) is 4.79 Å². The van der Waals surface area contributed by atoms with Crippen molar-refractivity contribution in [3.63, 3.8) is 0 Å². The Morgan fingerprint density at radius 1 is 1.38 bits per heavy atom. The van der Waals surface area contributed by atoms with E-state index >= 15 is 0 Å². The van der Waals surface area contributed by atoms with Crippen molar-refractivity contribution >= 4 is 17.2 Å². The molecular formula is C17H18N4O2S. The Morgan fingerprint density at radius 3 is 2.92 bits per heavy atom. The van der Waals surface area contributed by atoms with Crippen molar-refractivity contribution in [1.29, 1.82) is 0 Å². The van der Waals surface area contributed by atoms with Crippen molar-refractivity contribution in [3.05, 3.63) is 53.2 Å². The lowest BCUT2D eigenvalue weighted by Gasteiger charge is -2.09. The highest BCUT2D eigenvalue weighted by Gasteiger charge is 2.11. The lowest BCUT2D eigenvalue weighted by molar-refractivity contribution is 0.0946. The van der Waals surface area contributed by atoms with Crippen LogP contribution in [0.3, 0.4) is 0 Å². The molecule has 0 aliphatic rings. The molecule has 7 heteroatoms. The molecule has 0 aromatic carbocycles. The molecule has 0 saturated heterocycles. The molecule has 0 radical (unpaired) electrons. The second kappa shape index (κ2) is 7.27. The van der Waals surface area contributed by atoms with Crippen LogP contribution in [0.15, 0.2) is 41.9 Å². The third-order valence-corrected chi connectivity index (χ3v) is 4.11. The largest absolute Gasteiger partial charge is 0.475 e. The summed E-state index contributed by atoms with van der Waals surface area (Å²) in [5, 5.41) is 11.8. The predicted molar refractivity (Wildman–Crippen MR) is 93.1 cm³/mol. The molecule has 24 heavy (non-hydrogen) atoms. The number of aromatic amines is 1. The molecule has 3 aromatic heterocycles. The Hall–Kier alpha value is -2.67. The van der Waals surface area contributed by atoms with Gasteiger partial charge in [-0.25, -0.2) is 4.98 Å². The highest BCUT2D eigenvalue weighted by molar-refractivity contribution is 7.13. The maximum atomic E-state index is 12.2. The maximum absolute atomic E-state index is 12.2. The second-order valence-electron chi connectivity index (χ2n) is 5.50. The molecule has 0 spiro atoms. The summed E-state index contributed by atoms with van der Waals surface area (Å²) >= 11 is 1.59. The van der Waals surface area contributed by atoms with Gasteiger partial charge in [0.15, 0.2) is 5.69 Å². The first-order chi connectivity index (χ1) is 11.6. The monoisotopic (exact) mass is 342 g/mol. The van der Waals surface area contributed by atoms with Crippen molar-refractivity contribution in [3.8, 4) is 16.5 Å². The summed E-state index contributed by atoms with van der Waals surface area (Å²) in [5.74, 6) is 0.351. The van der Waals surface area contributed by atoms with Gasteiger partial charge in [-0.3, -0.25) is 9.89 Å². The number of amides is 1. The number of ether oxygens (including phenoxy) is 1. The van der Waals surface area contributed by atoms with Crippen LogP contribution in [0.1, 0.15) is 29.9 Å². The van der Waals surface area contributed by atoms with Crippen LogP contribution in [0.5, 0.6) is 5.88 Å². The quantitative estimate of drug-likeness (QED) is 0.721. The van der Waals surface area contributed by atoms with Crippen LogP contribution in [0.2, 0.25) is 0 Å². The van der Waals surface area contributed by atoms with E-state index in [0.29, 0.717) is 18.1 Å². The minimum absolute atomic E-state index is 0.0836. The van der Waals surface area contributed by atoms with E-state index in [0.717, 1.165) is 16.1 Å². The SMILES string of the molecule is CC(C)Oc1ccc(CNC(=O)c2cc(-c3cccs3)[nH]n2)cn1. The third kappa shape index (κ3) is 3.99. The fourth-order valence-electron chi connectivity index (χ4n) is 2.10. The van der Waals surface area contributed by atoms with Gasteiger partial charge < -0.3 is 10.1 Å². The number of pyridine rings is 1. The Morgan fingerprint density at radius 2 is 2.25 bits per heavy atom. The van der Waals surface area contributed by atoms with Crippen LogP contribution >= 0.6 is 11.3 Å². The van der Waals surface area contributed by atoms with E-state index in [1.165, 1.54) is 0 Å². The first-order valence-electron chi connectivity index (χ1n) is 7.61. The summed E-state index contributed by atoms with van der Waals surface area (Å²) in [6.07, 6.45) is 1.78. The van der Waals surface area contributed by atoms with Crippen LogP contribution in [0.25, 0.3) is 10.6 Å². The van der Waals surface area contributed by atoms with Crippen molar-refractivity contribution in [1.82, 2.24) is 20.5 Å². The smallest absolute Gasteiger partial charge is 0.272 e. The second-order valence-corrected chi connectivity index (χ2v) is 6.45.